The fraction of sp³-hybridized carbons (Fsp3) is 0.722. The van der Waals surface area contributed by atoms with E-state index in [1.54, 1.807) is 12.3 Å². The number of furan rings is 1. The molecule has 4 nitrogen and oxygen atoms in total. The molecule has 1 aliphatic carbocycles. The number of hydrogen-bond acceptors (Lipinski definition) is 3. The van der Waals surface area contributed by atoms with Crippen LogP contribution in [0.1, 0.15) is 68.0 Å². The highest BCUT2D eigenvalue weighted by molar-refractivity contribution is 5.95. The minimum Gasteiger partial charge on any atom is -0.469 e. The minimum absolute atomic E-state index is 0.0949. The summed E-state index contributed by atoms with van der Waals surface area (Å²) in [5.41, 5.74) is 0.721. The van der Waals surface area contributed by atoms with Crippen LogP contribution in [0.15, 0.2) is 16.7 Å². The molecular formula is C18H27NO3. The molecule has 1 aromatic heterocycles. The van der Waals surface area contributed by atoms with Gasteiger partial charge in [0.25, 0.3) is 5.91 Å². The number of rotatable bonds is 4. The average molecular weight is 305 g/mol. The average Bonchev–Trinajstić information content (AvgIpc) is 3.16. The van der Waals surface area contributed by atoms with Gasteiger partial charge in [0.2, 0.25) is 0 Å². The molecule has 1 aliphatic heterocycles. The molecule has 2 aliphatic rings. The lowest BCUT2D eigenvalue weighted by Crippen LogP contribution is -2.45. The van der Waals surface area contributed by atoms with E-state index >= 15 is 0 Å². The highest BCUT2D eigenvalue weighted by Gasteiger charge is 2.39. The summed E-state index contributed by atoms with van der Waals surface area (Å²) < 4.78 is 5.49. The summed E-state index contributed by atoms with van der Waals surface area (Å²) in [6.07, 6.45) is 9.43. The second kappa shape index (κ2) is 6.86. The van der Waals surface area contributed by atoms with Gasteiger partial charge in [-0.3, -0.25) is 4.79 Å². The maximum absolute atomic E-state index is 12.9. The van der Waals surface area contributed by atoms with Gasteiger partial charge >= 0.3 is 0 Å². The van der Waals surface area contributed by atoms with Gasteiger partial charge in [-0.15, -0.1) is 0 Å². The van der Waals surface area contributed by atoms with Gasteiger partial charge in [-0.2, -0.15) is 0 Å². The van der Waals surface area contributed by atoms with E-state index in [-0.39, 0.29) is 24.0 Å². The Kier molecular flexibility index (Phi) is 4.87. The molecule has 1 saturated heterocycles. The van der Waals surface area contributed by atoms with Crippen LogP contribution >= 0.6 is 0 Å². The van der Waals surface area contributed by atoms with Crippen LogP contribution in [-0.2, 0) is 6.42 Å². The van der Waals surface area contributed by atoms with Crippen molar-refractivity contribution in [2.45, 2.75) is 70.4 Å². The predicted octanol–water partition coefficient (Wildman–Crippen LogP) is 3.39. The van der Waals surface area contributed by atoms with E-state index in [9.17, 15) is 9.90 Å². The van der Waals surface area contributed by atoms with Gasteiger partial charge in [-0.1, -0.05) is 19.8 Å². The van der Waals surface area contributed by atoms with Crippen molar-refractivity contribution in [3.8, 4) is 0 Å². The Hall–Kier alpha value is -1.29. The molecule has 2 heterocycles. The highest BCUT2D eigenvalue weighted by atomic mass is 16.3. The van der Waals surface area contributed by atoms with E-state index in [1.165, 1.54) is 6.42 Å². The Morgan fingerprint density at radius 3 is 2.91 bits per heavy atom. The second-order valence-corrected chi connectivity index (χ2v) is 6.73. The summed E-state index contributed by atoms with van der Waals surface area (Å²) in [6, 6.07) is 2.01. The zero-order chi connectivity index (χ0) is 15.5. The van der Waals surface area contributed by atoms with Gasteiger partial charge < -0.3 is 14.4 Å². The SMILES string of the molecule is CCCc1occc1C(=O)N1CCC[C@@H]1[C@H]1CCCC[C@H]1O. The summed E-state index contributed by atoms with van der Waals surface area (Å²) in [6.45, 7) is 2.90. The monoisotopic (exact) mass is 305 g/mol. The summed E-state index contributed by atoms with van der Waals surface area (Å²) in [5.74, 6) is 1.15. The van der Waals surface area contributed by atoms with Crippen LogP contribution in [0.4, 0.5) is 0 Å². The molecule has 0 spiro atoms. The Balaban J connectivity index is 1.77. The summed E-state index contributed by atoms with van der Waals surface area (Å²) in [7, 11) is 0. The quantitative estimate of drug-likeness (QED) is 0.927. The third-order valence-electron chi connectivity index (χ3n) is 5.29. The number of carbonyl (C=O) groups is 1. The maximum Gasteiger partial charge on any atom is 0.257 e. The first-order valence-corrected chi connectivity index (χ1v) is 8.77. The summed E-state index contributed by atoms with van der Waals surface area (Å²) >= 11 is 0. The molecule has 0 unspecified atom stereocenters. The number of likely N-dealkylation sites (tertiary alicyclic amines) is 1. The molecular weight excluding hydrogens is 278 g/mol. The Labute approximate surface area is 132 Å². The second-order valence-electron chi connectivity index (χ2n) is 6.73. The van der Waals surface area contributed by atoms with Crippen LogP contribution in [0, 0.1) is 5.92 Å². The van der Waals surface area contributed by atoms with Crippen molar-refractivity contribution in [3.05, 3.63) is 23.7 Å². The van der Waals surface area contributed by atoms with E-state index < -0.39 is 0 Å². The molecule has 22 heavy (non-hydrogen) atoms. The number of aryl methyl sites for hydroxylation is 1. The third kappa shape index (κ3) is 2.94. The normalized spacial score (nSPS) is 29.0. The number of nitrogens with zero attached hydrogens (tertiary/aromatic N) is 1. The number of amides is 1. The first kappa shape index (κ1) is 15.6. The smallest absolute Gasteiger partial charge is 0.257 e. The van der Waals surface area contributed by atoms with E-state index in [2.05, 4.69) is 6.92 Å². The van der Waals surface area contributed by atoms with Crippen molar-refractivity contribution in [2.24, 2.45) is 5.92 Å². The van der Waals surface area contributed by atoms with Crippen LogP contribution in [0.2, 0.25) is 0 Å². The van der Waals surface area contributed by atoms with Gasteiger partial charge in [-0.25, -0.2) is 0 Å². The molecule has 4 heteroatoms. The van der Waals surface area contributed by atoms with Gasteiger partial charge in [-0.05, 0) is 38.2 Å². The van der Waals surface area contributed by atoms with Gasteiger partial charge in [0, 0.05) is 24.9 Å². The molecule has 1 saturated carbocycles. The Morgan fingerprint density at radius 1 is 1.32 bits per heavy atom. The molecule has 3 rings (SSSR count). The summed E-state index contributed by atoms with van der Waals surface area (Å²) in [4.78, 5) is 15.0. The molecule has 3 atom stereocenters. The van der Waals surface area contributed by atoms with Crippen LogP contribution in [0.25, 0.3) is 0 Å². The number of aliphatic hydroxyl groups excluding tert-OH is 1. The molecule has 122 valence electrons. The van der Waals surface area contributed by atoms with Crippen molar-refractivity contribution >= 4 is 5.91 Å². The van der Waals surface area contributed by atoms with Gasteiger partial charge in [0.1, 0.15) is 5.76 Å². The third-order valence-corrected chi connectivity index (χ3v) is 5.29. The van der Waals surface area contributed by atoms with Gasteiger partial charge in [0.05, 0.1) is 17.9 Å². The van der Waals surface area contributed by atoms with Crippen molar-refractivity contribution < 1.29 is 14.3 Å². The highest BCUT2D eigenvalue weighted by Crippen LogP contribution is 2.35. The van der Waals surface area contributed by atoms with E-state index in [1.807, 2.05) is 4.90 Å². The zero-order valence-corrected chi connectivity index (χ0v) is 13.5. The standard InChI is InChI=1S/C18H27NO3/c1-2-6-17-14(10-12-22-17)18(21)19-11-5-8-15(19)13-7-3-4-9-16(13)20/h10,12-13,15-16,20H,2-9,11H2,1H3/t13-,15-,16-/m1/s1. The fourth-order valence-corrected chi connectivity index (χ4v) is 4.19. The van der Waals surface area contributed by atoms with Crippen LogP contribution < -0.4 is 0 Å². The first-order valence-electron chi connectivity index (χ1n) is 8.77. The number of carbonyl (C=O) groups excluding carboxylic acids is 1. The number of hydrogen-bond donors (Lipinski definition) is 1. The van der Waals surface area contributed by atoms with Crippen LogP contribution in [-0.4, -0.2) is 34.6 Å². The minimum atomic E-state index is -0.244. The number of aliphatic hydroxyl groups is 1. The first-order chi connectivity index (χ1) is 10.7. The van der Waals surface area contributed by atoms with Crippen LogP contribution in [0.5, 0.6) is 0 Å². The molecule has 0 bridgehead atoms. The molecule has 1 N–H and O–H groups in total. The molecule has 0 radical (unpaired) electrons. The van der Waals surface area contributed by atoms with Crippen LogP contribution in [0.3, 0.4) is 0 Å². The molecule has 2 fully saturated rings. The molecule has 1 aromatic rings. The Morgan fingerprint density at radius 2 is 2.14 bits per heavy atom. The van der Waals surface area contributed by atoms with Gasteiger partial charge in [0.15, 0.2) is 0 Å². The van der Waals surface area contributed by atoms with E-state index in [0.717, 1.165) is 62.8 Å². The molecule has 1 amide bonds. The fourth-order valence-electron chi connectivity index (χ4n) is 4.19. The zero-order valence-electron chi connectivity index (χ0n) is 13.5. The van der Waals surface area contributed by atoms with Crippen molar-refractivity contribution in [1.29, 1.82) is 0 Å². The maximum atomic E-state index is 12.9. The van der Waals surface area contributed by atoms with E-state index in [4.69, 9.17) is 4.42 Å². The summed E-state index contributed by atoms with van der Waals surface area (Å²) in [5, 5.41) is 10.3. The predicted molar refractivity (Wildman–Crippen MR) is 84.7 cm³/mol. The van der Waals surface area contributed by atoms with Crippen molar-refractivity contribution in [1.82, 2.24) is 4.90 Å². The van der Waals surface area contributed by atoms with Crippen molar-refractivity contribution in [3.63, 3.8) is 0 Å². The Bertz CT molecular complexity index is 510. The topological polar surface area (TPSA) is 53.7 Å². The lowest BCUT2D eigenvalue weighted by molar-refractivity contribution is 0.0211. The lowest BCUT2D eigenvalue weighted by atomic mass is 9.80. The lowest BCUT2D eigenvalue weighted by Gasteiger charge is -2.37. The van der Waals surface area contributed by atoms with E-state index in [0.29, 0.717) is 0 Å². The largest absolute Gasteiger partial charge is 0.469 e. The van der Waals surface area contributed by atoms with Crippen molar-refractivity contribution in [2.75, 3.05) is 6.54 Å². The molecule has 0 aromatic carbocycles.